The molecule has 0 spiro atoms. The molecule has 0 bridgehead atoms. The van der Waals surface area contributed by atoms with Gasteiger partial charge in [-0.2, -0.15) is 0 Å². The summed E-state index contributed by atoms with van der Waals surface area (Å²) < 4.78 is 6.18. The first-order valence-electron chi connectivity index (χ1n) is 10.1. The Morgan fingerprint density at radius 3 is 2.58 bits per heavy atom. The minimum absolute atomic E-state index is 0.0330. The van der Waals surface area contributed by atoms with E-state index in [0.717, 1.165) is 5.69 Å². The molecule has 8 nitrogen and oxygen atoms in total. The van der Waals surface area contributed by atoms with Crippen LogP contribution in [0.4, 0.5) is 16.2 Å². The van der Waals surface area contributed by atoms with Gasteiger partial charge in [0.25, 0.3) is 0 Å². The van der Waals surface area contributed by atoms with Crippen LogP contribution in [0.1, 0.15) is 6.92 Å². The lowest BCUT2D eigenvalue weighted by molar-refractivity contribution is 0.230. The molecule has 0 saturated carbocycles. The van der Waals surface area contributed by atoms with Crippen molar-refractivity contribution in [3.63, 3.8) is 0 Å². The van der Waals surface area contributed by atoms with Gasteiger partial charge in [-0.05, 0) is 19.1 Å². The zero-order chi connectivity index (χ0) is 22.1. The minimum atomic E-state index is -0.433. The average Bonchev–Trinajstić information content (AvgIpc) is 2.78. The summed E-state index contributed by atoms with van der Waals surface area (Å²) in [5.74, 6) is 0.230. The number of urea groups is 1. The maximum Gasteiger partial charge on any atom is 0.321 e. The highest BCUT2D eigenvalue weighted by molar-refractivity contribution is 6.04. The molecule has 1 heterocycles. The molecule has 2 aliphatic rings. The van der Waals surface area contributed by atoms with E-state index in [2.05, 4.69) is 5.32 Å². The maximum atomic E-state index is 13.2. The van der Waals surface area contributed by atoms with Gasteiger partial charge in [0.15, 0.2) is 11.3 Å². The van der Waals surface area contributed by atoms with E-state index >= 15 is 0 Å². The summed E-state index contributed by atoms with van der Waals surface area (Å²) in [5, 5.41) is 13.1. The van der Waals surface area contributed by atoms with E-state index in [9.17, 15) is 14.7 Å². The Balaban J connectivity index is 2.01. The lowest BCUT2D eigenvalue weighted by Gasteiger charge is -2.22. The lowest BCUT2D eigenvalue weighted by Crippen LogP contribution is -2.30. The van der Waals surface area contributed by atoms with E-state index in [1.165, 1.54) is 4.90 Å². The number of carbonyl (C=O) groups excluding carboxylic acids is 1. The number of benzene rings is 3. The summed E-state index contributed by atoms with van der Waals surface area (Å²) in [5.41, 5.74) is 2.23. The number of aliphatic hydroxyl groups excluding tert-OH is 1. The first-order chi connectivity index (χ1) is 14.9. The van der Waals surface area contributed by atoms with Gasteiger partial charge in [0, 0.05) is 49.7 Å². The van der Waals surface area contributed by atoms with Crippen molar-refractivity contribution in [1.82, 2.24) is 9.88 Å². The third kappa shape index (κ3) is 3.66. The number of anilines is 2. The fourth-order valence-corrected chi connectivity index (χ4v) is 3.60. The van der Waals surface area contributed by atoms with Crippen molar-refractivity contribution in [3.8, 4) is 11.5 Å². The van der Waals surface area contributed by atoms with Crippen LogP contribution in [0.2, 0.25) is 0 Å². The number of nitrogens with zero attached hydrogens (tertiary/aromatic N) is 3. The number of amides is 2. The Kier molecular flexibility index (Phi) is 5.48. The van der Waals surface area contributed by atoms with Crippen molar-refractivity contribution in [3.05, 3.63) is 52.7 Å². The van der Waals surface area contributed by atoms with Crippen LogP contribution in [0.15, 0.2) is 51.7 Å². The topological polar surface area (TPSA) is 98.9 Å². The molecule has 2 aromatic carbocycles. The zero-order valence-electron chi connectivity index (χ0n) is 17.7. The number of hydrogen-bond donors (Lipinski definition) is 2. The highest BCUT2D eigenvalue weighted by Crippen LogP contribution is 2.36. The predicted octanol–water partition coefficient (Wildman–Crippen LogP) is 3.36. The second-order valence-corrected chi connectivity index (χ2v) is 7.42. The van der Waals surface area contributed by atoms with Crippen molar-refractivity contribution in [1.29, 1.82) is 0 Å². The van der Waals surface area contributed by atoms with E-state index in [4.69, 9.17) is 9.40 Å². The van der Waals surface area contributed by atoms with Crippen LogP contribution in [0.5, 0.6) is 0 Å². The second kappa shape index (κ2) is 8.23. The van der Waals surface area contributed by atoms with Crippen LogP contribution in [0.25, 0.3) is 33.3 Å². The smallest absolute Gasteiger partial charge is 0.321 e. The molecule has 4 rings (SSSR count). The molecule has 0 fully saturated rings. The molecular formula is C23H24N4O4. The maximum absolute atomic E-state index is 13.2. The van der Waals surface area contributed by atoms with Gasteiger partial charge in [0.1, 0.15) is 16.9 Å². The number of carbonyl (C=O) groups is 1. The molecule has 160 valence electrons. The second-order valence-electron chi connectivity index (χ2n) is 7.42. The molecule has 2 amide bonds. The van der Waals surface area contributed by atoms with Crippen LogP contribution in [0.3, 0.4) is 0 Å². The number of nitrogens with one attached hydrogen (secondary N) is 1. The van der Waals surface area contributed by atoms with Gasteiger partial charge in [0.05, 0.1) is 6.61 Å². The molecule has 2 N–H and O–H groups in total. The monoisotopic (exact) mass is 420 g/mol. The molecule has 1 aliphatic heterocycles. The van der Waals surface area contributed by atoms with E-state index in [0.29, 0.717) is 40.7 Å². The summed E-state index contributed by atoms with van der Waals surface area (Å²) in [7, 11) is 3.20. The summed E-state index contributed by atoms with van der Waals surface area (Å²) in [6.45, 7) is 3.24. The predicted molar refractivity (Wildman–Crippen MR) is 122 cm³/mol. The third-order valence-corrected chi connectivity index (χ3v) is 5.24. The molecule has 0 saturated heterocycles. The Morgan fingerprint density at radius 1 is 1.16 bits per heavy atom. The van der Waals surface area contributed by atoms with Gasteiger partial charge in [0.2, 0.25) is 5.43 Å². The number of likely N-dealkylation sites (N-methyl/N-ethyl adjacent to an activating group) is 1. The van der Waals surface area contributed by atoms with Crippen molar-refractivity contribution >= 4 is 39.3 Å². The van der Waals surface area contributed by atoms with E-state index in [-0.39, 0.29) is 23.5 Å². The highest BCUT2D eigenvalue weighted by atomic mass is 16.3. The van der Waals surface area contributed by atoms with E-state index < -0.39 is 6.03 Å². The fourth-order valence-electron chi connectivity index (χ4n) is 3.60. The summed E-state index contributed by atoms with van der Waals surface area (Å²) in [6.07, 6.45) is 0. The summed E-state index contributed by atoms with van der Waals surface area (Å²) >= 11 is 0. The number of aliphatic hydroxyl groups is 1. The lowest BCUT2D eigenvalue weighted by atomic mass is 10.0. The quantitative estimate of drug-likeness (QED) is 0.379. The van der Waals surface area contributed by atoms with Crippen LogP contribution >= 0.6 is 0 Å². The molecule has 0 atom stereocenters. The van der Waals surface area contributed by atoms with Crippen LogP contribution in [-0.2, 0) is 0 Å². The van der Waals surface area contributed by atoms with E-state index in [1.807, 2.05) is 42.2 Å². The fraction of sp³-hybridized carbons (Fsp3) is 0.261. The minimum Gasteiger partial charge on any atom is -0.450 e. The van der Waals surface area contributed by atoms with Crippen molar-refractivity contribution in [2.75, 3.05) is 44.0 Å². The third-order valence-electron chi connectivity index (χ3n) is 5.24. The van der Waals surface area contributed by atoms with E-state index in [1.54, 1.807) is 26.2 Å². The van der Waals surface area contributed by atoms with Gasteiger partial charge >= 0.3 is 6.03 Å². The van der Waals surface area contributed by atoms with Crippen LogP contribution in [-0.4, -0.2) is 54.8 Å². The zero-order valence-corrected chi connectivity index (χ0v) is 17.7. The van der Waals surface area contributed by atoms with Gasteiger partial charge in [-0.25, -0.2) is 9.78 Å². The molecule has 0 radical (unpaired) electrons. The van der Waals surface area contributed by atoms with Gasteiger partial charge in [-0.15, -0.1) is 0 Å². The van der Waals surface area contributed by atoms with Crippen molar-refractivity contribution < 1.29 is 14.3 Å². The highest BCUT2D eigenvalue weighted by Gasteiger charge is 2.24. The Hall–Kier alpha value is -3.65. The molecular weight excluding hydrogens is 396 g/mol. The van der Waals surface area contributed by atoms with Crippen molar-refractivity contribution in [2.24, 2.45) is 0 Å². The van der Waals surface area contributed by atoms with Gasteiger partial charge in [-0.1, -0.05) is 24.3 Å². The van der Waals surface area contributed by atoms with Crippen LogP contribution in [0, 0.1) is 0 Å². The Morgan fingerprint density at radius 2 is 1.90 bits per heavy atom. The molecule has 8 heteroatoms. The number of aromatic nitrogens is 1. The normalized spacial score (nSPS) is 11.2. The molecule has 0 unspecified atom stereocenters. The summed E-state index contributed by atoms with van der Waals surface area (Å²) in [6, 6.07) is 12.3. The number of fused-ring (bicyclic) bond motifs is 4. The Bertz CT molecular complexity index is 1300. The number of hydrogen-bond acceptors (Lipinski definition) is 6. The largest absolute Gasteiger partial charge is 0.450 e. The molecule has 0 aromatic heterocycles. The first-order valence-corrected chi connectivity index (χ1v) is 10.1. The SMILES string of the molecule is CCN(CCO)c1ccc2nc3c4ccccc4c(=O)c(NC(=O)N(C)C)c-3oc2c1. The average molecular weight is 420 g/mol. The summed E-state index contributed by atoms with van der Waals surface area (Å²) in [4.78, 5) is 33.7. The first kappa shape index (κ1) is 20.6. The standard InChI is InChI=1S/C23H24N4O4/c1-4-27(11-12-28)14-9-10-17-18(13-14)31-22-19(24-17)15-7-5-6-8-16(15)21(29)20(22)25-23(30)26(2)3/h5-10,13,28H,4,11-12H2,1-3H3,(H,25,30). The van der Waals surface area contributed by atoms with Crippen LogP contribution < -0.4 is 15.6 Å². The van der Waals surface area contributed by atoms with Gasteiger partial charge < -0.3 is 24.6 Å². The van der Waals surface area contributed by atoms with Gasteiger partial charge in [-0.3, -0.25) is 4.79 Å². The molecule has 2 aromatic rings. The van der Waals surface area contributed by atoms with Crippen molar-refractivity contribution in [2.45, 2.75) is 6.92 Å². The molecule has 1 aliphatic carbocycles. The molecule has 31 heavy (non-hydrogen) atoms. The Labute approximate surface area is 179 Å². The number of rotatable bonds is 5.